The summed E-state index contributed by atoms with van der Waals surface area (Å²) in [6, 6.07) is 8.96. The first-order valence-corrected chi connectivity index (χ1v) is 8.21. The van der Waals surface area contributed by atoms with Gasteiger partial charge in [0.2, 0.25) is 0 Å². The van der Waals surface area contributed by atoms with E-state index in [1.54, 1.807) is 0 Å². The first kappa shape index (κ1) is 15.5. The zero-order valence-corrected chi connectivity index (χ0v) is 13.0. The summed E-state index contributed by atoms with van der Waals surface area (Å²) >= 11 is 0. The summed E-state index contributed by atoms with van der Waals surface area (Å²) in [7, 11) is 0. The van der Waals surface area contributed by atoms with E-state index in [2.05, 4.69) is 43.4 Å². The molecule has 0 aliphatic heterocycles. The maximum absolute atomic E-state index is 6.22. The summed E-state index contributed by atoms with van der Waals surface area (Å²) in [6.45, 7) is 6.12. The molecular formula is C18H29NO. The molecule has 0 bridgehead atoms. The molecule has 2 nitrogen and oxygen atoms in total. The van der Waals surface area contributed by atoms with Crippen molar-refractivity contribution in [3.63, 3.8) is 0 Å². The second-order valence-electron chi connectivity index (χ2n) is 5.91. The average Bonchev–Trinajstić information content (AvgIpc) is 2.73. The summed E-state index contributed by atoms with van der Waals surface area (Å²) in [4.78, 5) is 0. The standard InChI is InChI=1S/C18H29NO/c1-3-19-18(17-13-9-8-10-15(17)2)14-20-16-11-6-4-5-7-12-16/h8-10,13,16,18-19H,3-7,11-12,14H2,1-2H3. The minimum atomic E-state index is 0.324. The lowest BCUT2D eigenvalue weighted by Crippen LogP contribution is -2.28. The van der Waals surface area contributed by atoms with Crippen LogP contribution in [0.25, 0.3) is 0 Å². The van der Waals surface area contributed by atoms with E-state index in [1.165, 1.54) is 49.7 Å². The Morgan fingerprint density at radius 2 is 1.85 bits per heavy atom. The van der Waals surface area contributed by atoms with Gasteiger partial charge in [0.05, 0.1) is 18.8 Å². The molecule has 2 heteroatoms. The number of nitrogens with one attached hydrogen (secondary N) is 1. The van der Waals surface area contributed by atoms with Crippen molar-refractivity contribution in [2.24, 2.45) is 0 Å². The van der Waals surface area contributed by atoms with Crippen molar-refractivity contribution >= 4 is 0 Å². The molecule has 0 radical (unpaired) electrons. The highest BCUT2D eigenvalue weighted by Gasteiger charge is 2.17. The fraction of sp³-hybridized carbons (Fsp3) is 0.667. The Bertz CT molecular complexity index is 383. The third kappa shape index (κ3) is 4.60. The summed E-state index contributed by atoms with van der Waals surface area (Å²) in [6.07, 6.45) is 8.39. The van der Waals surface area contributed by atoms with Gasteiger partial charge in [0, 0.05) is 0 Å². The molecule has 1 aliphatic rings. The van der Waals surface area contributed by atoms with Gasteiger partial charge in [-0.3, -0.25) is 0 Å². The highest BCUT2D eigenvalue weighted by atomic mass is 16.5. The molecule has 20 heavy (non-hydrogen) atoms. The van der Waals surface area contributed by atoms with Crippen LogP contribution in [0.3, 0.4) is 0 Å². The molecular weight excluding hydrogens is 246 g/mol. The normalized spacial score (nSPS) is 18.7. The maximum atomic E-state index is 6.22. The summed E-state index contributed by atoms with van der Waals surface area (Å²) in [5, 5.41) is 3.57. The van der Waals surface area contributed by atoms with Gasteiger partial charge in [0.15, 0.2) is 0 Å². The smallest absolute Gasteiger partial charge is 0.0665 e. The molecule has 112 valence electrons. The van der Waals surface area contributed by atoms with E-state index in [9.17, 15) is 0 Å². The molecule has 1 aromatic rings. The predicted molar refractivity (Wildman–Crippen MR) is 85.0 cm³/mol. The van der Waals surface area contributed by atoms with E-state index in [0.29, 0.717) is 12.1 Å². The van der Waals surface area contributed by atoms with Crippen molar-refractivity contribution < 1.29 is 4.74 Å². The minimum absolute atomic E-state index is 0.324. The van der Waals surface area contributed by atoms with Crippen LogP contribution in [0, 0.1) is 6.92 Å². The molecule has 1 saturated carbocycles. The van der Waals surface area contributed by atoms with Crippen LogP contribution in [-0.2, 0) is 4.74 Å². The third-order valence-electron chi connectivity index (χ3n) is 4.32. The molecule has 2 rings (SSSR count). The molecule has 0 spiro atoms. The molecule has 1 aliphatic carbocycles. The van der Waals surface area contributed by atoms with Gasteiger partial charge in [-0.2, -0.15) is 0 Å². The first-order valence-electron chi connectivity index (χ1n) is 8.21. The number of benzene rings is 1. The molecule has 1 unspecified atom stereocenters. The van der Waals surface area contributed by atoms with Crippen LogP contribution in [0.15, 0.2) is 24.3 Å². The van der Waals surface area contributed by atoms with Gasteiger partial charge in [-0.15, -0.1) is 0 Å². The fourth-order valence-electron chi connectivity index (χ4n) is 3.12. The monoisotopic (exact) mass is 275 g/mol. The lowest BCUT2D eigenvalue weighted by atomic mass is 10.0. The lowest BCUT2D eigenvalue weighted by molar-refractivity contribution is 0.0290. The van der Waals surface area contributed by atoms with Crippen molar-refractivity contribution in [2.45, 2.75) is 64.5 Å². The van der Waals surface area contributed by atoms with Crippen molar-refractivity contribution in [1.29, 1.82) is 0 Å². The van der Waals surface area contributed by atoms with Gasteiger partial charge >= 0.3 is 0 Å². The van der Waals surface area contributed by atoms with Crippen molar-refractivity contribution in [3.05, 3.63) is 35.4 Å². The van der Waals surface area contributed by atoms with Crippen molar-refractivity contribution in [2.75, 3.05) is 13.2 Å². The van der Waals surface area contributed by atoms with Gasteiger partial charge in [-0.1, -0.05) is 56.9 Å². The van der Waals surface area contributed by atoms with E-state index in [4.69, 9.17) is 4.74 Å². The van der Waals surface area contributed by atoms with Crippen LogP contribution in [0.4, 0.5) is 0 Å². The number of aryl methyl sites for hydroxylation is 1. The number of rotatable bonds is 6. The number of likely N-dealkylation sites (N-methyl/N-ethyl adjacent to an activating group) is 1. The Morgan fingerprint density at radius 3 is 2.50 bits per heavy atom. The van der Waals surface area contributed by atoms with E-state index in [-0.39, 0.29) is 0 Å². The van der Waals surface area contributed by atoms with E-state index in [1.807, 2.05) is 0 Å². The second-order valence-corrected chi connectivity index (χ2v) is 5.91. The molecule has 0 amide bonds. The van der Waals surface area contributed by atoms with Crippen LogP contribution in [0.1, 0.15) is 62.6 Å². The zero-order valence-electron chi connectivity index (χ0n) is 13.0. The molecule has 0 saturated heterocycles. The molecule has 1 aromatic carbocycles. The Morgan fingerprint density at radius 1 is 1.15 bits per heavy atom. The van der Waals surface area contributed by atoms with Crippen molar-refractivity contribution in [3.8, 4) is 0 Å². The number of hydrogen-bond acceptors (Lipinski definition) is 2. The van der Waals surface area contributed by atoms with Gasteiger partial charge in [-0.05, 0) is 37.4 Å². The van der Waals surface area contributed by atoms with Gasteiger partial charge in [0.25, 0.3) is 0 Å². The largest absolute Gasteiger partial charge is 0.376 e. The van der Waals surface area contributed by atoms with Crippen LogP contribution in [0.2, 0.25) is 0 Å². The lowest BCUT2D eigenvalue weighted by Gasteiger charge is -2.23. The molecule has 1 atom stereocenters. The Kier molecular flexibility index (Phi) is 6.55. The van der Waals surface area contributed by atoms with Crippen LogP contribution < -0.4 is 5.32 Å². The van der Waals surface area contributed by atoms with Crippen LogP contribution in [0.5, 0.6) is 0 Å². The summed E-state index contributed by atoms with van der Waals surface area (Å²) < 4.78 is 6.22. The predicted octanol–water partition coefficient (Wildman–Crippen LogP) is 4.39. The molecule has 1 N–H and O–H groups in total. The molecule has 1 fully saturated rings. The van der Waals surface area contributed by atoms with Gasteiger partial charge in [0.1, 0.15) is 0 Å². The number of ether oxygens (including phenoxy) is 1. The van der Waals surface area contributed by atoms with E-state index < -0.39 is 0 Å². The van der Waals surface area contributed by atoms with Gasteiger partial charge in [-0.25, -0.2) is 0 Å². The van der Waals surface area contributed by atoms with Crippen LogP contribution in [-0.4, -0.2) is 19.3 Å². The maximum Gasteiger partial charge on any atom is 0.0665 e. The Hall–Kier alpha value is -0.860. The second kappa shape index (κ2) is 8.43. The van der Waals surface area contributed by atoms with E-state index in [0.717, 1.165) is 13.2 Å². The van der Waals surface area contributed by atoms with E-state index >= 15 is 0 Å². The Balaban J connectivity index is 1.93. The molecule has 0 heterocycles. The zero-order chi connectivity index (χ0) is 14.2. The SMILES string of the molecule is CCNC(COC1CCCCCC1)c1ccccc1C. The van der Waals surface area contributed by atoms with Gasteiger partial charge < -0.3 is 10.1 Å². The fourth-order valence-corrected chi connectivity index (χ4v) is 3.12. The topological polar surface area (TPSA) is 21.3 Å². The summed E-state index contributed by atoms with van der Waals surface area (Å²) in [5.41, 5.74) is 2.73. The third-order valence-corrected chi connectivity index (χ3v) is 4.32. The minimum Gasteiger partial charge on any atom is -0.376 e. The molecule has 0 aromatic heterocycles. The van der Waals surface area contributed by atoms with Crippen molar-refractivity contribution in [1.82, 2.24) is 5.32 Å². The first-order chi connectivity index (χ1) is 9.81. The average molecular weight is 275 g/mol. The quantitative estimate of drug-likeness (QED) is 0.778. The number of hydrogen-bond donors (Lipinski definition) is 1. The Labute approximate surface area is 123 Å². The highest BCUT2D eigenvalue weighted by molar-refractivity contribution is 5.28. The van der Waals surface area contributed by atoms with Crippen LogP contribution >= 0.6 is 0 Å². The highest BCUT2D eigenvalue weighted by Crippen LogP contribution is 2.23. The summed E-state index contributed by atoms with van der Waals surface area (Å²) in [5.74, 6) is 0.